The third-order valence-electron chi connectivity index (χ3n) is 6.64. The van der Waals surface area contributed by atoms with Gasteiger partial charge in [0.15, 0.2) is 10.8 Å². The topological polar surface area (TPSA) is 92.4 Å². The lowest BCUT2D eigenvalue weighted by atomic mass is 10.1. The van der Waals surface area contributed by atoms with Gasteiger partial charge in [0.1, 0.15) is 16.6 Å². The molecule has 4 aromatic rings. The lowest BCUT2D eigenvalue weighted by Crippen LogP contribution is -2.43. The van der Waals surface area contributed by atoms with Crippen molar-refractivity contribution in [3.63, 3.8) is 0 Å². The van der Waals surface area contributed by atoms with E-state index in [1.165, 1.54) is 17.4 Å². The number of fused-ring (bicyclic) bond motifs is 1. The summed E-state index contributed by atoms with van der Waals surface area (Å²) in [4.78, 5) is 18.3. The predicted molar refractivity (Wildman–Crippen MR) is 142 cm³/mol. The van der Waals surface area contributed by atoms with Gasteiger partial charge in [0, 0.05) is 42.5 Å². The zero-order chi connectivity index (χ0) is 25.7. The largest absolute Gasteiger partial charge is 0.395 e. The van der Waals surface area contributed by atoms with E-state index in [2.05, 4.69) is 16.2 Å². The van der Waals surface area contributed by atoms with Crippen LogP contribution in [0.25, 0.3) is 21.6 Å². The van der Waals surface area contributed by atoms with Gasteiger partial charge >= 0.3 is 0 Å². The molecule has 1 N–H and O–H groups in total. The zero-order valence-corrected chi connectivity index (χ0v) is 22.1. The van der Waals surface area contributed by atoms with Gasteiger partial charge in [-0.2, -0.15) is 15.1 Å². The molecule has 1 saturated carbocycles. The van der Waals surface area contributed by atoms with E-state index in [4.69, 9.17) is 31.3 Å². The van der Waals surface area contributed by atoms with Gasteiger partial charge < -0.3 is 19.6 Å². The Morgan fingerprint density at radius 2 is 2.08 bits per heavy atom. The van der Waals surface area contributed by atoms with E-state index in [0.717, 1.165) is 18.4 Å². The maximum absolute atomic E-state index is 15.1. The van der Waals surface area contributed by atoms with Crippen molar-refractivity contribution in [3.05, 3.63) is 47.0 Å². The number of nitrogens with zero attached hydrogens (tertiary/aromatic N) is 7. The number of aliphatic hydroxyl groups is 1. The molecule has 0 amide bonds. The van der Waals surface area contributed by atoms with Crippen molar-refractivity contribution in [1.82, 2.24) is 24.7 Å². The van der Waals surface area contributed by atoms with Gasteiger partial charge in [-0.25, -0.2) is 9.37 Å². The summed E-state index contributed by atoms with van der Waals surface area (Å²) in [6, 6.07) is 5.07. The second-order valence-electron chi connectivity index (χ2n) is 9.62. The van der Waals surface area contributed by atoms with Gasteiger partial charge in [0.2, 0.25) is 5.95 Å². The van der Waals surface area contributed by atoms with Crippen LogP contribution in [0, 0.1) is 5.82 Å². The predicted octanol–water partition coefficient (Wildman–Crippen LogP) is 4.47. The molecular weight excluding hydrogens is 517 g/mol. The van der Waals surface area contributed by atoms with Crippen molar-refractivity contribution in [2.24, 2.45) is 0 Å². The molecule has 2 atom stereocenters. The van der Waals surface area contributed by atoms with Crippen molar-refractivity contribution in [3.8, 4) is 11.3 Å². The van der Waals surface area contributed by atoms with Crippen LogP contribution in [0.3, 0.4) is 0 Å². The van der Waals surface area contributed by atoms with Crippen LogP contribution in [0.4, 0.5) is 15.5 Å². The number of benzene rings is 1. The van der Waals surface area contributed by atoms with Crippen LogP contribution >= 0.6 is 22.9 Å². The van der Waals surface area contributed by atoms with Gasteiger partial charge in [-0.05, 0) is 38.0 Å². The van der Waals surface area contributed by atoms with Crippen molar-refractivity contribution >= 4 is 44.4 Å². The number of halogens is 2. The Morgan fingerprint density at radius 3 is 2.84 bits per heavy atom. The minimum Gasteiger partial charge on any atom is -0.395 e. The summed E-state index contributed by atoms with van der Waals surface area (Å²) in [5.41, 5.74) is 2.31. The lowest BCUT2D eigenvalue weighted by molar-refractivity contribution is -0.0178. The van der Waals surface area contributed by atoms with Crippen molar-refractivity contribution < 1.29 is 14.2 Å². The third-order valence-corrected chi connectivity index (χ3v) is 8.04. The third kappa shape index (κ3) is 4.88. The Balaban J connectivity index is 1.41. The number of thiazole rings is 1. The van der Waals surface area contributed by atoms with E-state index in [1.54, 1.807) is 12.1 Å². The van der Waals surface area contributed by atoms with E-state index >= 15 is 4.39 Å². The molecule has 0 unspecified atom stereocenters. The summed E-state index contributed by atoms with van der Waals surface area (Å²) < 4.78 is 24.1. The molecule has 1 saturated heterocycles. The number of morpholine rings is 1. The molecule has 2 aliphatic rings. The highest BCUT2D eigenvalue weighted by Crippen LogP contribution is 2.39. The number of aromatic nitrogens is 5. The monoisotopic (exact) mass is 543 g/mol. The van der Waals surface area contributed by atoms with Crippen LogP contribution in [0.15, 0.2) is 30.6 Å². The quantitative estimate of drug-likeness (QED) is 0.365. The summed E-state index contributed by atoms with van der Waals surface area (Å²) in [6.45, 7) is 3.56. The maximum Gasteiger partial charge on any atom is 0.228 e. The summed E-state index contributed by atoms with van der Waals surface area (Å²) in [5.74, 6) is 0.00562. The summed E-state index contributed by atoms with van der Waals surface area (Å²) in [5, 5.41) is 14.9. The summed E-state index contributed by atoms with van der Waals surface area (Å²) >= 11 is 7.40. The molecule has 1 aliphatic heterocycles. The number of rotatable bonds is 7. The maximum atomic E-state index is 15.1. The Hall–Kier alpha value is -2.86. The minimum absolute atomic E-state index is 0.00753. The Morgan fingerprint density at radius 1 is 1.24 bits per heavy atom. The molecule has 12 heteroatoms. The first-order chi connectivity index (χ1) is 17.9. The number of aliphatic hydroxyl groups excluding tert-OH is 1. The Kier molecular flexibility index (Phi) is 6.47. The number of hydrogen-bond donors (Lipinski definition) is 1. The SMILES string of the molecule is C[C@H]1CN(c2nc(-c3ccc(Cl)cc3F)c3sc(N(C)CCO)nc3n2)C[C@@H](c2cnn(C3CC3)c2)O1. The first-order valence-electron chi connectivity index (χ1n) is 12.3. The fraction of sp³-hybridized carbons (Fsp3) is 0.440. The van der Waals surface area contributed by atoms with Crippen LogP contribution in [-0.4, -0.2) is 69.2 Å². The number of ether oxygens (including phenoxy) is 1. The van der Waals surface area contributed by atoms with Gasteiger partial charge in [0.25, 0.3) is 0 Å². The average molecular weight is 544 g/mol. The van der Waals surface area contributed by atoms with Crippen molar-refractivity contribution in [1.29, 1.82) is 0 Å². The number of hydrogen-bond acceptors (Lipinski definition) is 9. The van der Waals surface area contributed by atoms with Crippen LogP contribution in [0.2, 0.25) is 5.02 Å². The van der Waals surface area contributed by atoms with Crippen molar-refractivity contribution in [2.45, 2.75) is 38.0 Å². The normalized spacial score (nSPS) is 20.1. The zero-order valence-electron chi connectivity index (χ0n) is 20.5. The standard InChI is InChI=1S/C25H27ClFN7O2S/c1-14-11-33(13-20(36-14)15-10-28-34(12-15)17-4-5-17)24-29-21(18-6-3-16(26)9-19(18)27)22-23(30-24)31-25(37-22)32(2)7-8-35/h3,6,9-10,12,14,17,20,35H,4-5,7-8,11,13H2,1-2H3/t14-,20-/m0/s1. The van der Waals surface area contributed by atoms with Gasteiger partial charge in [0.05, 0.1) is 37.2 Å². The van der Waals surface area contributed by atoms with Crippen molar-refractivity contribution in [2.75, 3.05) is 43.1 Å². The molecule has 6 rings (SSSR count). The first kappa shape index (κ1) is 24.5. The van der Waals surface area contributed by atoms with E-state index in [1.807, 2.05) is 29.7 Å². The molecule has 1 aliphatic carbocycles. The highest BCUT2D eigenvalue weighted by Gasteiger charge is 2.32. The fourth-order valence-electron chi connectivity index (χ4n) is 4.57. The minimum atomic E-state index is -0.460. The van der Waals surface area contributed by atoms with E-state index in [9.17, 15) is 5.11 Å². The molecule has 1 aromatic carbocycles. The second kappa shape index (κ2) is 9.79. The number of likely N-dealkylation sites (N-methyl/N-ethyl adjacent to an activating group) is 1. The fourth-order valence-corrected chi connectivity index (χ4v) is 5.73. The second-order valence-corrected chi connectivity index (χ2v) is 11.0. The van der Waals surface area contributed by atoms with Crippen LogP contribution in [0.1, 0.15) is 37.5 Å². The molecule has 37 heavy (non-hydrogen) atoms. The summed E-state index contributed by atoms with van der Waals surface area (Å²) in [7, 11) is 1.85. The van der Waals surface area contributed by atoms with E-state index < -0.39 is 5.82 Å². The highest BCUT2D eigenvalue weighted by atomic mass is 35.5. The van der Waals surface area contributed by atoms with Crippen LogP contribution < -0.4 is 9.80 Å². The molecule has 9 nitrogen and oxygen atoms in total. The smallest absolute Gasteiger partial charge is 0.228 e. The molecule has 0 spiro atoms. The average Bonchev–Trinajstić information content (AvgIpc) is 3.43. The van der Waals surface area contributed by atoms with Gasteiger partial charge in [-0.1, -0.05) is 22.9 Å². The molecule has 3 aromatic heterocycles. The molecule has 2 fully saturated rings. The molecular formula is C25H27ClFN7O2S. The molecule has 0 radical (unpaired) electrons. The van der Waals surface area contributed by atoms with Crippen LogP contribution in [-0.2, 0) is 4.74 Å². The Bertz CT molecular complexity index is 1440. The molecule has 4 heterocycles. The highest BCUT2D eigenvalue weighted by molar-refractivity contribution is 7.22. The molecule has 194 valence electrons. The van der Waals surface area contributed by atoms with E-state index in [0.29, 0.717) is 63.4 Å². The van der Waals surface area contributed by atoms with E-state index in [-0.39, 0.29) is 18.8 Å². The van der Waals surface area contributed by atoms with Gasteiger partial charge in [-0.3, -0.25) is 4.68 Å². The summed E-state index contributed by atoms with van der Waals surface area (Å²) in [6.07, 6.45) is 6.02. The Labute approximate surface area is 222 Å². The number of anilines is 2. The lowest BCUT2D eigenvalue weighted by Gasteiger charge is -2.36. The van der Waals surface area contributed by atoms with Crippen LogP contribution in [0.5, 0.6) is 0 Å². The molecule has 0 bridgehead atoms. The first-order valence-corrected chi connectivity index (χ1v) is 13.5. The van der Waals surface area contributed by atoms with Gasteiger partial charge in [-0.15, -0.1) is 0 Å².